The van der Waals surface area contributed by atoms with Crippen LogP contribution in [0, 0.1) is 13.8 Å². The van der Waals surface area contributed by atoms with Crippen LogP contribution < -0.4 is 0 Å². The molecule has 0 aliphatic heterocycles. The van der Waals surface area contributed by atoms with E-state index in [2.05, 4.69) is 44.2 Å². The van der Waals surface area contributed by atoms with Crippen molar-refractivity contribution < 1.29 is 5.11 Å². The van der Waals surface area contributed by atoms with Crippen LogP contribution in [-0.4, -0.2) is 5.11 Å². The summed E-state index contributed by atoms with van der Waals surface area (Å²) < 4.78 is 0. The lowest BCUT2D eigenvalue weighted by Gasteiger charge is -2.10. The molecule has 1 atom stereocenters. The van der Waals surface area contributed by atoms with E-state index in [0.29, 0.717) is 0 Å². The minimum atomic E-state index is -0.347. The number of aliphatic hydroxyl groups excluding tert-OH is 1. The number of rotatable bonds is 4. The van der Waals surface area contributed by atoms with E-state index < -0.39 is 0 Å². The largest absolute Gasteiger partial charge is 0.388 e. The molecule has 2 rings (SSSR count). The molecule has 0 amide bonds. The van der Waals surface area contributed by atoms with Crippen LogP contribution >= 0.6 is 11.8 Å². The van der Waals surface area contributed by atoms with E-state index in [1.807, 2.05) is 19.1 Å². The quantitative estimate of drug-likeness (QED) is 0.854. The molecular weight excluding hydrogens is 252 g/mol. The smallest absolute Gasteiger partial charge is 0.0787 e. The Kier molecular flexibility index (Phi) is 4.67. The third-order valence-corrected chi connectivity index (χ3v) is 4.39. The number of aryl methyl sites for hydroxylation is 2. The van der Waals surface area contributed by atoms with Gasteiger partial charge in [0.1, 0.15) is 0 Å². The topological polar surface area (TPSA) is 20.2 Å². The second-order valence-corrected chi connectivity index (χ2v) is 5.98. The Morgan fingerprint density at radius 2 is 1.74 bits per heavy atom. The molecule has 100 valence electrons. The number of hydrogen-bond acceptors (Lipinski definition) is 2. The maximum atomic E-state index is 9.78. The fraction of sp³-hybridized carbons (Fsp3) is 0.294. The Morgan fingerprint density at radius 3 is 2.37 bits per heavy atom. The Bertz CT molecular complexity index is 546. The van der Waals surface area contributed by atoms with Crippen molar-refractivity contribution in [2.24, 2.45) is 0 Å². The molecule has 1 N–H and O–H groups in total. The number of hydrogen-bond donors (Lipinski definition) is 1. The molecule has 0 aliphatic carbocycles. The first-order valence-corrected chi connectivity index (χ1v) is 7.45. The van der Waals surface area contributed by atoms with Gasteiger partial charge in [-0.2, -0.15) is 0 Å². The monoisotopic (exact) mass is 272 g/mol. The minimum Gasteiger partial charge on any atom is -0.388 e. The van der Waals surface area contributed by atoms with Crippen molar-refractivity contribution in [3.05, 3.63) is 59.2 Å². The summed E-state index contributed by atoms with van der Waals surface area (Å²) in [7, 11) is 0. The van der Waals surface area contributed by atoms with E-state index in [0.717, 1.165) is 12.0 Å². The van der Waals surface area contributed by atoms with Crippen molar-refractivity contribution in [2.75, 3.05) is 0 Å². The molecule has 19 heavy (non-hydrogen) atoms. The second kappa shape index (κ2) is 6.27. The first-order valence-electron chi connectivity index (χ1n) is 6.63. The molecule has 0 bridgehead atoms. The standard InChI is InChI=1S/C17H20OS/c1-4-16(18)14-7-9-15(10-8-14)19-17-11-12(2)5-6-13(17)3/h5-11,16,18H,4H2,1-3H3. The van der Waals surface area contributed by atoms with Gasteiger partial charge in [0.2, 0.25) is 0 Å². The third kappa shape index (κ3) is 3.62. The van der Waals surface area contributed by atoms with Gasteiger partial charge in [0.15, 0.2) is 0 Å². The fourth-order valence-electron chi connectivity index (χ4n) is 1.94. The van der Waals surface area contributed by atoms with Gasteiger partial charge in [-0.25, -0.2) is 0 Å². The molecule has 0 radical (unpaired) electrons. The minimum absolute atomic E-state index is 0.347. The molecule has 0 fully saturated rings. The molecule has 1 unspecified atom stereocenters. The Hall–Kier alpha value is -1.25. The maximum Gasteiger partial charge on any atom is 0.0787 e. The SMILES string of the molecule is CCC(O)c1ccc(Sc2cc(C)ccc2C)cc1. The van der Waals surface area contributed by atoms with Crippen molar-refractivity contribution in [3.8, 4) is 0 Å². The first-order chi connectivity index (χ1) is 9.10. The summed E-state index contributed by atoms with van der Waals surface area (Å²) in [5.41, 5.74) is 3.58. The summed E-state index contributed by atoms with van der Waals surface area (Å²) in [4.78, 5) is 2.50. The molecule has 0 heterocycles. The van der Waals surface area contributed by atoms with Gasteiger partial charge < -0.3 is 5.11 Å². The van der Waals surface area contributed by atoms with Gasteiger partial charge in [0, 0.05) is 9.79 Å². The molecule has 2 aromatic carbocycles. The van der Waals surface area contributed by atoms with Crippen LogP contribution in [0.1, 0.15) is 36.1 Å². The fourth-order valence-corrected chi connectivity index (χ4v) is 2.94. The lowest BCUT2D eigenvalue weighted by atomic mass is 10.1. The van der Waals surface area contributed by atoms with Crippen LogP contribution in [0.25, 0.3) is 0 Å². The highest BCUT2D eigenvalue weighted by Crippen LogP contribution is 2.31. The summed E-state index contributed by atoms with van der Waals surface area (Å²) in [6, 6.07) is 14.7. The van der Waals surface area contributed by atoms with E-state index in [-0.39, 0.29) is 6.10 Å². The molecule has 0 spiro atoms. The summed E-state index contributed by atoms with van der Waals surface area (Å²) in [6.45, 7) is 6.24. The highest BCUT2D eigenvalue weighted by molar-refractivity contribution is 7.99. The van der Waals surface area contributed by atoms with Crippen molar-refractivity contribution >= 4 is 11.8 Å². The Balaban J connectivity index is 2.17. The average Bonchev–Trinajstić information content (AvgIpc) is 2.43. The van der Waals surface area contributed by atoms with E-state index in [9.17, 15) is 5.11 Å². The molecule has 1 nitrogen and oxygen atoms in total. The van der Waals surface area contributed by atoms with Crippen LogP contribution in [0.2, 0.25) is 0 Å². The lowest BCUT2D eigenvalue weighted by Crippen LogP contribution is -1.94. The maximum absolute atomic E-state index is 9.78. The van der Waals surface area contributed by atoms with Gasteiger partial charge in [-0.3, -0.25) is 0 Å². The zero-order valence-electron chi connectivity index (χ0n) is 11.7. The molecular formula is C17H20OS. The third-order valence-electron chi connectivity index (χ3n) is 3.22. The number of benzene rings is 2. The van der Waals surface area contributed by atoms with Gasteiger partial charge in [0.25, 0.3) is 0 Å². The van der Waals surface area contributed by atoms with Crippen molar-refractivity contribution in [2.45, 2.75) is 43.1 Å². The molecule has 2 aromatic rings. The van der Waals surface area contributed by atoms with Gasteiger partial charge >= 0.3 is 0 Å². The zero-order valence-corrected chi connectivity index (χ0v) is 12.5. The van der Waals surface area contributed by atoms with Gasteiger partial charge in [-0.05, 0) is 55.2 Å². The summed E-state index contributed by atoms with van der Waals surface area (Å²) in [6.07, 6.45) is 0.406. The summed E-state index contributed by atoms with van der Waals surface area (Å²) in [5.74, 6) is 0. The molecule has 0 aromatic heterocycles. The second-order valence-electron chi connectivity index (χ2n) is 4.86. The van der Waals surface area contributed by atoms with E-state index >= 15 is 0 Å². The van der Waals surface area contributed by atoms with Crippen LogP contribution in [0.15, 0.2) is 52.3 Å². The van der Waals surface area contributed by atoms with Crippen LogP contribution in [0.4, 0.5) is 0 Å². The predicted molar refractivity (Wildman–Crippen MR) is 81.7 cm³/mol. The molecule has 0 saturated heterocycles. The number of aliphatic hydroxyl groups is 1. The Labute approximate surface area is 119 Å². The van der Waals surface area contributed by atoms with Crippen LogP contribution in [0.3, 0.4) is 0 Å². The van der Waals surface area contributed by atoms with Crippen molar-refractivity contribution in [3.63, 3.8) is 0 Å². The highest BCUT2D eigenvalue weighted by Gasteiger charge is 2.06. The van der Waals surface area contributed by atoms with Crippen LogP contribution in [-0.2, 0) is 0 Å². The summed E-state index contributed by atoms with van der Waals surface area (Å²) in [5, 5.41) is 9.78. The first kappa shape index (κ1) is 14.2. The molecule has 2 heteroatoms. The summed E-state index contributed by atoms with van der Waals surface area (Å²) >= 11 is 1.77. The predicted octanol–water partition coefficient (Wildman–Crippen LogP) is 4.90. The van der Waals surface area contributed by atoms with Gasteiger partial charge in [0.05, 0.1) is 6.10 Å². The molecule has 0 aliphatic rings. The average molecular weight is 272 g/mol. The van der Waals surface area contributed by atoms with E-state index in [4.69, 9.17) is 0 Å². The Morgan fingerprint density at radius 1 is 1.05 bits per heavy atom. The van der Waals surface area contributed by atoms with Gasteiger partial charge in [-0.1, -0.05) is 43.0 Å². The van der Waals surface area contributed by atoms with Crippen molar-refractivity contribution in [1.29, 1.82) is 0 Å². The normalized spacial score (nSPS) is 12.4. The highest BCUT2D eigenvalue weighted by atomic mass is 32.2. The lowest BCUT2D eigenvalue weighted by molar-refractivity contribution is 0.173. The van der Waals surface area contributed by atoms with Crippen LogP contribution in [0.5, 0.6) is 0 Å². The van der Waals surface area contributed by atoms with E-state index in [1.54, 1.807) is 11.8 Å². The zero-order chi connectivity index (χ0) is 13.8. The van der Waals surface area contributed by atoms with Gasteiger partial charge in [-0.15, -0.1) is 0 Å². The van der Waals surface area contributed by atoms with E-state index in [1.165, 1.54) is 20.9 Å². The molecule has 0 saturated carbocycles. The van der Waals surface area contributed by atoms with Crippen molar-refractivity contribution in [1.82, 2.24) is 0 Å².